The van der Waals surface area contributed by atoms with Gasteiger partial charge in [0.05, 0.1) is 12.0 Å². The summed E-state index contributed by atoms with van der Waals surface area (Å²) in [4.78, 5) is 23.4. The third-order valence-electron chi connectivity index (χ3n) is 6.80. The molecule has 5 rings (SSSR count). The number of aliphatic carboxylic acids is 1. The molecule has 2 unspecified atom stereocenters. The van der Waals surface area contributed by atoms with Crippen molar-refractivity contribution >= 4 is 11.9 Å². The number of rotatable bonds is 7. The minimum atomic E-state index is -4.43. The summed E-state index contributed by atoms with van der Waals surface area (Å²) in [6, 6.07) is 0. The van der Waals surface area contributed by atoms with Gasteiger partial charge in [-0.3, -0.25) is 4.79 Å². The lowest BCUT2D eigenvalue weighted by atomic mass is 9.49. The number of carbonyl (C=O) groups excluding carboxylic acids is 2. The fourth-order valence-corrected chi connectivity index (χ4v) is 6.11. The van der Waals surface area contributed by atoms with Gasteiger partial charge in [0.15, 0.2) is 5.79 Å². The van der Waals surface area contributed by atoms with Crippen LogP contribution in [0.25, 0.3) is 0 Å². The standard InChI is InChI=1S/C20H28F2O7/c1-18(2)28-14(15(29-18)10-27-20(21,22)16(23)24)9-26-17(25)19-6-11-3-12(7-19)5-13(4-11)8-19/h11-15H,3-10H2,1-2H3,(H,23,24)/p-1. The van der Waals surface area contributed by atoms with E-state index in [-0.39, 0.29) is 12.6 Å². The monoisotopic (exact) mass is 417 g/mol. The molecular weight excluding hydrogens is 390 g/mol. The fourth-order valence-electron chi connectivity index (χ4n) is 6.11. The Hall–Kier alpha value is -1.32. The molecule has 0 spiro atoms. The predicted molar refractivity (Wildman–Crippen MR) is 91.3 cm³/mol. The highest BCUT2D eigenvalue weighted by Crippen LogP contribution is 2.60. The van der Waals surface area contributed by atoms with Gasteiger partial charge >= 0.3 is 12.1 Å². The first-order valence-electron chi connectivity index (χ1n) is 10.2. The molecule has 5 aliphatic rings. The minimum Gasteiger partial charge on any atom is -0.542 e. The third-order valence-corrected chi connectivity index (χ3v) is 6.80. The second kappa shape index (κ2) is 7.13. The van der Waals surface area contributed by atoms with E-state index in [4.69, 9.17) is 14.2 Å². The van der Waals surface area contributed by atoms with Gasteiger partial charge in [-0.2, -0.15) is 8.78 Å². The molecule has 0 aromatic heterocycles. The van der Waals surface area contributed by atoms with E-state index in [9.17, 15) is 23.5 Å². The first kappa shape index (κ1) is 20.9. The van der Waals surface area contributed by atoms with Crippen LogP contribution < -0.4 is 5.11 Å². The molecule has 1 saturated heterocycles. The lowest BCUT2D eigenvalue weighted by Gasteiger charge is -2.55. The molecule has 0 N–H and O–H groups in total. The Labute approximate surface area is 168 Å². The first-order valence-corrected chi connectivity index (χ1v) is 10.2. The summed E-state index contributed by atoms with van der Waals surface area (Å²) in [6.45, 7) is 2.30. The number of hydrogen-bond acceptors (Lipinski definition) is 7. The molecule has 0 amide bonds. The van der Waals surface area contributed by atoms with E-state index in [2.05, 4.69) is 4.74 Å². The zero-order valence-electron chi connectivity index (χ0n) is 16.7. The Balaban J connectivity index is 1.36. The molecule has 1 heterocycles. The van der Waals surface area contributed by atoms with E-state index in [1.54, 1.807) is 13.8 Å². The Morgan fingerprint density at radius 2 is 1.48 bits per heavy atom. The van der Waals surface area contributed by atoms with Crippen molar-refractivity contribution in [3.63, 3.8) is 0 Å². The minimum absolute atomic E-state index is 0.158. The van der Waals surface area contributed by atoms with Crippen LogP contribution >= 0.6 is 0 Å². The van der Waals surface area contributed by atoms with E-state index in [0.717, 1.165) is 19.3 Å². The van der Waals surface area contributed by atoms with Gasteiger partial charge in [0.1, 0.15) is 24.8 Å². The van der Waals surface area contributed by atoms with E-state index in [0.29, 0.717) is 17.8 Å². The van der Waals surface area contributed by atoms with Crippen molar-refractivity contribution < 1.29 is 42.4 Å². The number of carboxylic acid groups (broad SMARTS) is 1. The lowest BCUT2D eigenvalue weighted by molar-refractivity contribution is -0.364. The van der Waals surface area contributed by atoms with E-state index >= 15 is 0 Å². The molecule has 4 bridgehead atoms. The highest BCUT2D eigenvalue weighted by Gasteiger charge is 2.56. The van der Waals surface area contributed by atoms with Crippen molar-refractivity contribution in [2.75, 3.05) is 13.2 Å². The average molecular weight is 417 g/mol. The van der Waals surface area contributed by atoms with Gasteiger partial charge < -0.3 is 28.8 Å². The van der Waals surface area contributed by atoms with Crippen molar-refractivity contribution in [2.24, 2.45) is 23.2 Å². The van der Waals surface area contributed by atoms with Crippen LogP contribution in [0.15, 0.2) is 0 Å². The normalized spacial score (nSPS) is 40.2. The van der Waals surface area contributed by atoms with Crippen molar-refractivity contribution in [2.45, 2.75) is 76.5 Å². The Morgan fingerprint density at radius 3 is 1.97 bits per heavy atom. The van der Waals surface area contributed by atoms with Crippen molar-refractivity contribution in [1.29, 1.82) is 0 Å². The second-order valence-electron chi connectivity index (χ2n) is 9.62. The quantitative estimate of drug-likeness (QED) is 0.581. The van der Waals surface area contributed by atoms with Crippen LogP contribution in [0.1, 0.15) is 52.4 Å². The maximum absolute atomic E-state index is 13.2. The number of esters is 1. The summed E-state index contributed by atoms with van der Waals surface area (Å²) >= 11 is 0. The number of alkyl halides is 2. The summed E-state index contributed by atoms with van der Waals surface area (Å²) in [5.41, 5.74) is -0.433. The van der Waals surface area contributed by atoms with Crippen molar-refractivity contribution in [3.05, 3.63) is 0 Å². The average Bonchev–Trinajstić information content (AvgIpc) is 2.90. The maximum Gasteiger partial charge on any atom is 0.397 e. The van der Waals surface area contributed by atoms with Crippen LogP contribution in [0.5, 0.6) is 0 Å². The molecule has 164 valence electrons. The summed E-state index contributed by atoms with van der Waals surface area (Å²) in [5.74, 6) is -2.20. The molecule has 29 heavy (non-hydrogen) atoms. The van der Waals surface area contributed by atoms with Gasteiger partial charge in [-0.05, 0) is 70.1 Å². The number of carbonyl (C=O) groups is 2. The van der Waals surface area contributed by atoms with Crippen LogP contribution in [0.4, 0.5) is 8.78 Å². The van der Waals surface area contributed by atoms with Crippen LogP contribution in [-0.4, -0.2) is 49.3 Å². The molecule has 2 atom stereocenters. The number of carboxylic acids is 1. The smallest absolute Gasteiger partial charge is 0.397 e. The Kier molecular flexibility index (Phi) is 5.15. The zero-order chi connectivity index (χ0) is 21.0. The second-order valence-corrected chi connectivity index (χ2v) is 9.62. The summed E-state index contributed by atoms with van der Waals surface area (Å²) in [6.07, 6.45) is -0.0947. The molecule has 9 heteroatoms. The van der Waals surface area contributed by atoms with Crippen LogP contribution in [0.3, 0.4) is 0 Å². The SMILES string of the molecule is CC1(C)OC(COC(=O)C23CC4CC(CC(C4)C2)C3)C(COC(F)(F)C(=O)[O-])O1. The Morgan fingerprint density at radius 1 is 1.00 bits per heavy atom. The largest absolute Gasteiger partial charge is 0.542 e. The van der Waals surface area contributed by atoms with Crippen LogP contribution in [-0.2, 0) is 28.5 Å². The molecule has 4 aliphatic carbocycles. The summed E-state index contributed by atoms with van der Waals surface area (Å²) in [5, 5.41) is 10.4. The van der Waals surface area contributed by atoms with Gasteiger partial charge in [-0.1, -0.05) is 0 Å². The van der Waals surface area contributed by atoms with E-state index in [1.165, 1.54) is 19.3 Å². The molecule has 4 saturated carbocycles. The maximum atomic E-state index is 13.2. The van der Waals surface area contributed by atoms with E-state index in [1.807, 2.05) is 0 Å². The van der Waals surface area contributed by atoms with Gasteiger partial charge in [0.2, 0.25) is 0 Å². The number of halogens is 2. The van der Waals surface area contributed by atoms with Crippen LogP contribution in [0.2, 0.25) is 0 Å². The summed E-state index contributed by atoms with van der Waals surface area (Å²) < 4.78 is 47.3. The molecule has 0 aromatic rings. The highest BCUT2D eigenvalue weighted by molar-refractivity contribution is 5.77. The molecule has 1 aliphatic heterocycles. The van der Waals surface area contributed by atoms with Gasteiger partial charge in [0, 0.05) is 0 Å². The fraction of sp³-hybridized carbons (Fsp3) is 0.900. The number of ether oxygens (including phenoxy) is 4. The summed E-state index contributed by atoms with van der Waals surface area (Å²) in [7, 11) is 0. The van der Waals surface area contributed by atoms with Crippen molar-refractivity contribution in [1.82, 2.24) is 0 Å². The third kappa shape index (κ3) is 4.14. The number of hydrogen-bond donors (Lipinski definition) is 0. The van der Waals surface area contributed by atoms with Gasteiger partial charge in [-0.15, -0.1) is 0 Å². The van der Waals surface area contributed by atoms with Gasteiger partial charge in [-0.25, -0.2) is 0 Å². The zero-order valence-corrected chi connectivity index (χ0v) is 16.7. The van der Waals surface area contributed by atoms with Gasteiger partial charge in [0.25, 0.3) is 0 Å². The topological polar surface area (TPSA) is 94.1 Å². The molecular formula is C20H27F2O7-. The lowest BCUT2D eigenvalue weighted by Crippen LogP contribution is -2.51. The molecule has 7 nitrogen and oxygen atoms in total. The van der Waals surface area contributed by atoms with Crippen molar-refractivity contribution in [3.8, 4) is 0 Å². The van der Waals surface area contributed by atoms with Crippen LogP contribution in [0, 0.1) is 23.2 Å². The highest BCUT2D eigenvalue weighted by atomic mass is 19.3. The first-order chi connectivity index (χ1) is 13.5. The van der Waals surface area contributed by atoms with E-state index < -0.39 is 42.1 Å². The molecule has 5 fully saturated rings. The Bertz CT molecular complexity index is 642. The molecule has 0 radical (unpaired) electrons. The predicted octanol–water partition coefficient (Wildman–Crippen LogP) is 1.63. The molecule has 0 aromatic carbocycles.